The summed E-state index contributed by atoms with van der Waals surface area (Å²) >= 11 is 0. The zero-order valence-electron chi connectivity index (χ0n) is 8.88. The number of nitrogens with one attached hydrogen (secondary N) is 2. The molecule has 4 nitrogen and oxygen atoms in total. The van der Waals surface area contributed by atoms with Crippen LogP contribution in [0.15, 0.2) is 22.8 Å². The van der Waals surface area contributed by atoms with E-state index in [1.807, 2.05) is 0 Å². The van der Waals surface area contributed by atoms with Crippen LogP contribution in [0.3, 0.4) is 0 Å². The van der Waals surface area contributed by atoms with E-state index in [4.69, 9.17) is 4.42 Å². The van der Waals surface area contributed by atoms with Crippen molar-refractivity contribution in [2.45, 2.75) is 25.3 Å². The number of hydrogen-bond acceptors (Lipinski definition) is 3. The zero-order chi connectivity index (χ0) is 10.7. The van der Waals surface area contributed by atoms with Crippen molar-refractivity contribution in [3.8, 4) is 0 Å². The van der Waals surface area contributed by atoms with Crippen molar-refractivity contribution in [2.75, 3.05) is 13.1 Å². The first kappa shape index (κ1) is 10.2. The number of rotatable bonds is 3. The molecule has 82 valence electrons. The van der Waals surface area contributed by atoms with Gasteiger partial charge in [-0.15, -0.1) is 0 Å². The Morgan fingerprint density at radius 3 is 3.20 bits per heavy atom. The van der Waals surface area contributed by atoms with Crippen molar-refractivity contribution >= 4 is 5.91 Å². The van der Waals surface area contributed by atoms with Gasteiger partial charge in [0.1, 0.15) is 0 Å². The van der Waals surface area contributed by atoms with E-state index >= 15 is 0 Å². The van der Waals surface area contributed by atoms with Crippen LogP contribution in [-0.4, -0.2) is 24.5 Å². The fourth-order valence-electron chi connectivity index (χ4n) is 1.88. The molecule has 15 heavy (non-hydrogen) atoms. The smallest absolute Gasteiger partial charge is 0.287 e. The summed E-state index contributed by atoms with van der Waals surface area (Å²) in [4.78, 5) is 11.6. The van der Waals surface area contributed by atoms with Gasteiger partial charge in [0.2, 0.25) is 0 Å². The van der Waals surface area contributed by atoms with Gasteiger partial charge in [-0.05, 0) is 38.4 Å². The van der Waals surface area contributed by atoms with Gasteiger partial charge in [-0.1, -0.05) is 0 Å². The largest absolute Gasteiger partial charge is 0.459 e. The van der Waals surface area contributed by atoms with Crippen molar-refractivity contribution in [1.82, 2.24) is 10.6 Å². The monoisotopic (exact) mass is 208 g/mol. The second-order valence-electron chi connectivity index (χ2n) is 4.25. The SMILES string of the molecule is CC1(CNC(=O)c2ccco2)CCCN1. The summed E-state index contributed by atoms with van der Waals surface area (Å²) in [6, 6.07) is 3.38. The highest BCUT2D eigenvalue weighted by Crippen LogP contribution is 2.17. The predicted octanol–water partition coefficient (Wildman–Crippen LogP) is 1.15. The van der Waals surface area contributed by atoms with Crippen molar-refractivity contribution in [2.24, 2.45) is 0 Å². The van der Waals surface area contributed by atoms with Crippen LogP contribution in [0.5, 0.6) is 0 Å². The molecule has 0 bridgehead atoms. The minimum absolute atomic E-state index is 0.0439. The Labute approximate surface area is 89.0 Å². The Morgan fingerprint density at radius 1 is 1.73 bits per heavy atom. The molecule has 1 atom stereocenters. The molecule has 2 N–H and O–H groups in total. The summed E-state index contributed by atoms with van der Waals surface area (Å²) in [5.74, 6) is 0.228. The number of furan rings is 1. The number of amides is 1. The summed E-state index contributed by atoms with van der Waals surface area (Å²) in [6.45, 7) is 3.81. The molecule has 2 rings (SSSR count). The van der Waals surface area contributed by atoms with Gasteiger partial charge in [0.25, 0.3) is 5.91 Å². The lowest BCUT2D eigenvalue weighted by molar-refractivity contribution is 0.0915. The van der Waals surface area contributed by atoms with E-state index < -0.39 is 0 Å². The Bertz CT molecular complexity index is 326. The van der Waals surface area contributed by atoms with E-state index in [1.165, 1.54) is 12.7 Å². The van der Waals surface area contributed by atoms with Gasteiger partial charge in [0.15, 0.2) is 5.76 Å². The van der Waals surface area contributed by atoms with Gasteiger partial charge < -0.3 is 15.1 Å². The maximum absolute atomic E-state index is 11.6. The quantitative estimate of drug-likeness (QED) is 0.783. The lowest BCUT2D eigenvalue weighted by atomic mass is 10.0. The molecule has 2 heterocycles. The van der Waals surface area contributed by atoms with Gasteiger partial charge >= 0.3 is 0 Å². The molecule has 1 saturated heterocycles. The molecule has 0 radical (unpaired) electrons. The second kappa shape index (κ2) is 4.06. The van der Waals surface area contributed by atoms with Crippen LogP contribution in [0.4, 0.5) is 0 Å². The highest BCUT2D eigenvalue weighted by molar-refractivity contribution is 5.91. The fraction of sp³-hybridized carbons (Fsp3) is 0.545. The number of carbonyl (C=O) groups excluding carboxylic acids is 1. The number of hydrogen-bond donors (Lipinski definition) is 2. The standard InChI is InChI=1S/C11H16N2O2/c1-11(5-3-6-13-11)8-12-10(14)9-4-2-7-15-9/h2,4,7,13H,3,5-6,8H2,1H3,(H,12,14). The first-order valence-electron chi connectivity index (χ1n) is 5.26. The normalized spacial score (nSPS) is 25.4. The topological polar surface area (TPSA) is 54.3 Å². The Kier molecular flexibility index (Phi) is 2.77. The highest BCUT2D eigenvalue weighted by Gasteiger charge is 2.28. The van der Waals surface area contributed by atoms with Gasteiger partial charge in [-0.25, -0.2) is 0 Å². The highest BCUT2D eigenvalue weighted by atomic mass is 16.3. The van der Waals surface area contributed by atoms with Crippen LogP contribution in [0.2, 0.25) is 0 Å². The molecule has 0 aromatic carbocycles. The lowest BCUT2D eigenvalue weighted by Crippen LogP contribution is -2.47. The van der Waals surface area contributed by atoms with Crippen molar-refractivity contribution < 1.29 is 9.21 Å². The minimum atomic E-state index is -0.144. The molecule has 1 unspecified atom stereocenters. The summed E-state index contributed by atoms with van der Waals surface area (Å²) < 4.78 is 5.01. The predicted molar refractivity (Wildman–Crippen MR) is 56.7 cm³/mol. The van der Waals surface area contributed by atoms with E-state index in [-0.39, 0.29) is 11.4 Å². The van der Waals surface area contributed by atoms with Crippen molar-refractivity contribution in [1.29, 1.82) is 0 Å². The average molecular weight is 208 g/mol. The Hall–Kier alpha value is -1.29. The van der Waals surface area contributed by atoms with E-state index in [2.05, 4.69) is 17.6 Å². The zero-order valence-corrected chi connectivity index (χ0v) is 8.88. The van der Waals surface area contributed by atoms with Gasteiger partial charge in [0.05, 0.1) is 6.26 Å². The van der Waals surface area contributed by atoms with Crippen LogP contribution in [0, 0.1) is 0 Å². The molecular formula is C11H16N2O2. The van der Waals surface area contributed by atoms with Crippen LogP contribution in [0.25, 0.3) is 0 Å². The van der Waals surface area contributed by atoms with E-state index in [0.717, 1.165) is 13.0 Å². The molecular weight excluding hydrogens is 192 g/mol. The van der Waals surface area contributed by atoms with Gasteiger partial charge in [0, 0.05) is 12.1 Å². The molecule has 1 fully saturated rings. The van der Waals surface area contributed by atoms with Crippen molar-refractivity contribution in [3.05, 3.63) is 24.2 Å². The minimum Gasteiger partial charge on any atom is -0.459 e. The summed E-state index contributed by atoms with van der Waals surface area (Å²) in [5, 5.41) is 6.26. The van der Waals surface area contributed by atoms with E-state index in [0.29, 0.717) is 12.3 Å². The average Bonchev–Trinajstić information content (AvgIpc) is 2.85. The fourth-order valence-corrected chi connectivity index (χ4v) is 1.88. The molecule has 1 aliphatic heterocycles. The Morgan fingerprint density at radius 2 is 2.60 bits per heavy atom. The van der Waals surface area contributed by atoms with Crippen LogP contribution in [-0.2, 0) is 0 Å². The Balaban J connectivity index is 1.85. The van der Waals surface area contributed by atoms with Gasteiger partial charge in [-0.2, -0.15) is 0 Å². The molecule has 1 amide bonds. The third-order valence-corrected chi connectivity index (χ3v) is 2.84. The van der Waals surface area contributed by atoms with Gasteiger partial charge in [-0.3, -0.25) is 4.79 Å². The van der Waals surface area contributed by atoms with E-state index in [1.54, 1.807) is 12.1 Å². The summed E-state index contributed by atoms with van der Waals surface area (Å²) in [5.41, 5.74) is 0.0439. The van der Waals surface area contributed by atoms with Crippen molar-refractivity contribution in [3.63, 3.8) is 0 Å². The van der Waals surface area contributed by atoms with Crippen LogP contribution in [0.1, 0.15) is 30.3 Å². The first-order valence-corrected chi connectivity index (χ1v) is 5.26. The molecule has 0 saturated carbocycles. The molecule has 0 aliphatic carbocycles. The lowest BCUT2D eigenvalue weighted by Gasteiger charge is -2.24. The maximum Gasteiger partial charge on any atom is 0.287 e. The third kappa shape index (κ3) is 2.39. The first-order chi connectivity index (χ1) is 7.20. The molecule has 1 aliphatic rings. The third-order valence-electron chi connectivity index (χ3n) is 2.84. The van der Waals surface area contributed by atoms with Crippen LogP contribution >= 0.6 is 0 Å². The molecule has 4 heteroatoms. The molecule has 1 aromatic heterocycles. The number of carbonyl (C=O) groups is 1. The maximum atomic E-state index is 11.6. The van der Waals surface area contributed by atoms with E-state index in [9.17, 15) is 4.79 Å². The molecule has 0 spiro atoms. The second-order valence-corrected chi connectivity index (χ2v) is 4.25. The summed E-state index contributed by atoms with van der Waals surface area (Å²) in [7, 11) is 0. The van der Waals surface area contributed by atoms with Crippen LogP contribution < -0.4 is 10.6 Å². The summed E-state index contributed by atoms with van der Waals surface area (Å²) in [6.07, 6.45) is 3.78. The molecule has 1 aromatic rings.